The summed E-state index contributed by atoms with van der Waals surface area (Å²) in [5.74, 6) is 1.36. The second-order valence-corrected chi connectivity index (χ2v) is 9.33. The summed E-state index contributed by atoms with van der Waals surface area (Å²) >= 11 is 0. The topological polar surface area (TPSA) is 97.5 Å². The molecule has 0 radical (unpaired) electrons. The summed E-state index contributed by atoms with van der Waals surface area (Å²) in [6.45, 7) is 2.52. The van der Waals surface area contributed by atoms with E-state index in [0.717, 1.165) is 41.7 Å². The Hall–Kier alpha value is -4.11. The Morgan fingerprint density at radius 2 is 2.00 bits per heavy atom. The standard InChI is InChI=1S/C28H27FN4O4/c29-23-7-5-17(11-22(23)28(34)31-14-25-21-3-1-2-4-24(21)32-33-25)20-9-10-30-13-18(20)15-35-19-6-8-26-27(12-19)37-16-36-26/h1-8,11-12,18,20,30H,9-10,13-16H2,(H,31,34)(H,32,33)/t18-,20-/m0/s1. The van der Waals surface area contributed by atoms with Gasteiger partial charge in [-0.2, -0.15) is 5.10 Å². The molecule has 37 heavy (non-hydrogen) atoms. The van der Waals surface area contributed by atoms with Gasteiger partial charge in [-0.25, -0.2) is 4.39 Å². The number of carbonyl (C=O) groups is 1. The predicted octanol–water partition coefficient (Wildman–Crippen LogP) is 4.13. The lowest BCUT2D eigenvalue weighted by Crippen LogP contribution is -2.38. The van der Waals surface area contributed by atoms with Gasteiger partial charge >= 0.3 is 0 Å². The number of hydrogen-bond acceptors (Lipinski definition) is 6. The van der Waals surface area contributed by atoms with Crippen LogP contribution in [0.1, 0.15) is 34.0 Å². The fourth-order valence-electron chi connectivity index (χ4n) is 5.07. The van der Waals surface area contributed by atoms with Gasteiger partial charge in [-0.1, -0.05) is 24.3 Å². The van der Waals surface area contributed by atoms with Gasteiger partial charge in [0.05, 0.1) is 29.9 Å². The molecule has 1 amide bonds. The first-order chi connectivity index (χ1) is 18.2. The van der Waals surface area contributed by atoms with Gasteiger partial charge in [0.1, 0.15) is 11.6 Å². The summed E-state index contributed by atoms with van der Waals surface area (Å²) in [6.07, 6.45) is 0.863. The molecule has 0 spiro atoms. The summed E-state index contributed by atoms with van der Waals surface area (Å²) in [4.78, 5) is 13.0. The molecule has 0 aliphatic carbocycles. The molecule has 0 bridgehead atoms. The highest BCUT2D eigenvalue weighted by Gasteiger charge is 2.28. The van der Waals surface area contributed by atoms with Crippen LogP contribution in [-0.4, -0.2) is 42.6 Å². The molecule has 1 fully saturated rings. The van der Waals surface area contributed by atoms with Crippen LogP contribution in [0.4, 0.5) is 4.39 Å². The van der Waals surface area contributed by atoms with Gasteiger partial charge in [0.25, 0.3) is 5.91 Å². The molecule has 3 aromatic carbocycles. The number of benzene rings is 3. The van der Waals surface area contributed by atoms with Crippen molar-refractivity contribution in [1.82, 2.24) is 20.8 Å². The molecule has 1 aromatic heterocycles. The molecule has 3 heterocycles. The fraction of sp³-hybridized carbons (Fsp3) is 0.286. The van der Waals surface area contributed by atoms with Crippen molar-refractivity contribution >= 4 is 16.8 Å². The fourth-order valence-corrected chi connectivity index (χ4v) is 5.07. The zero-order valence-electron chi connectivity index (χ0n) is 20.1. The molecule has 190 valence electrons. The Balaban J connectivity index is 1.15. The highest BCUT2D eigenvalue weighted by atomic mass is 19.1. The van der Waals surface area contributed by atoms with Crippen LogP contribution in [-0.2, 0) is 6.54 Å². The van der Waals surface area contributed by atoms with Crippen molar-refractivity contribution in [1.29, 1.82) is 0 Å². The number of amides is 1. The average molecular weight is 503 g/mol. The number of nitrogens with zero attached hydrogens (tertiary/aromatic N) is 1. The van der Waals surface area contributed by atoms with Crippen molar-refractivity contribution < 1.29 is 23.4 Å². The molecule has 2 aliphatic heterocycles. The minimum absolute atomic E-state index is 0.0373. The van der Waals surface area contributed by atoms with E-state index in [0.29, 0.717) is 23.9 Å². The lowest BCUT2D eigenvalue weighted by molar-refractivity contribution is 0.0946. The van der Waals surface area contributed by atoms with E-state index < -0.39 is 11.7 Å². The van der Waals surface area contributed by atoms with E-state index in [4.69, 9.17) is 14.2 Å². The highest BCUT2D eigenvalue weighted by Crippen LogP contribution is 2.36. The van der Waals surface area contributed by atoms with E-state index in [1.165, 1.54) is 6.07 Å². The largest absolute Gasteiger partial charge is 0.493 e. The Bertz CT molecular complexity index is 1440. The summed E-state index contributed by atoms with van der Waals surface area (Å²) in [5.41, 5.74) is 2.56. The number of piperidine rings is 1. The van der Waals surface area contributed by atoms with E-state index in [9.17, 15) is 9.18 Å². The lowest BCUT2D eigenvalue weighted by atomic mass is 9.81. The zero-order chi connectivity index (χ0) is 25.2. The number of H-pyrrole nitrogens is 1. The molecule has 2 aliphatic rings. The molecule has 0 saturated carbocycles. The number of aromatic nitrogens is 2. The van der Waals surface area contributed by atoms with Crippen LogP contribution in [0.3, 0.4) is 0 Å². The van der Waals surface area contributed by atoms with E-state index >= 15 is 0 Å². The Labute approximate surface area is 213 Å². The molecular formula is C28H27FN4O4. The number of ether oxygens (including phenoxy) is 3. The van der Waals surface area contributed by atoms with Crippen molar-refractivity contribution in [3.63, 3.8) is 0 Å². The monoisotopic (exact) mass is 502 g/mol. The Morgan fingerprint density at radius 3 is 2.95 bits per heavy atom. The van der Waals surface area contributed by atoms with Crippen molar-refractivity contribution in [2.24, 2.45) is 5.92 Å². The van der Waals surface area contributed by atoms with Crippen LogP contribution in [0.5, 0.6) is 17.2 Å². The van der Waals surface area contributed by atoms with E-state index in [1.807, 2.05) is 42.5 Å². The van der Waals surface area contributed by atoms with E-state index in [-0.39, 0.29) is 30.7 Å². The van der Waals surface area contributed by atoms with Crippen LogP contribution in [0.15, 0.2) is 60.7 Å². The van der Waals surface area contributed by atoms with Gasteiger partial charge in [-0.3, -0.25) is 9.89 Å². The van der Waals surface area contributed by atoms with Gasteiger partial charge in [0.2, 0.25) is 6.79 Å². The molecule has 8 nitrogen and oxygen atoms in total. The number of halogens is 1. The molecule has 6 rings (SSSR count). The number of aromatic amines is 1. The Kier molecular flexibility index (Phi) is 6.36. The van der Waals surface area contributed by atoms with Crippen LogP contribution in [0.2, 0.25) is 0 Å². The van der Waals surface area contributed by atoms with Crippen molar-refractivity contribution in [2.75, 3.05) is 26.5 Å². The predicted molar refractivity (Wildman–Crippen MR) is 135 cm³/mol. The molecule has 9 heteroatoms. The minimum atomic E-state index is -0.544. The lowest BCUT2D eigenvalue weighted by Gasteiger charge is -2.32. The van der Waals surface area contributed by atoms with Crippen LogP contribution in [0.25, 0.3) is 10.9 Å². The van der Waals surface area contributed by atoms with Crippen LogP contribution in [0, 0.1) is 11.7 Å². The Morgan fingerprint density at radius 1 is 1.11 bits per heavy atom. The summed E-state index contributed by atoms with van der Waals surface area (Å²) in [6, 6.07) is 18.0. The second kappa shape index (κ2) is 10.1. The van der Waals surface area contributed by atoms with E-state index in [2.05, 4.69) is 20.8 Å². The quantitative estimate of drug-likeness (QED) is 0.352. The molecule has 1 saturated heterocycles. The zero-order valence-corrected chi connectivity index (χ0v) is 20.1. The third-order valence-corrected chi connectivity index (χ3v) is 7.05. The number of hydrogen-bond donors (Lipinski definition) is 3. The van der Waals surface area contributed by atoms with Crippen LogP contribution >= 0.6 is 0 Å². The maximum atomic E-state index is 14.7. The maximum Gasteiger partial charge on any atom is 0.254 e. The number of fused-ring (bicyclic) bond motifs is 2. The summed E-state index contributed by atoms with van der Waals surface area (Å²) in [5, 5.41) is 14.4. The van der Waals surface area contributed by atoms with E-state index in [1.54, 1.807) is 12.1 Å². The summed E-state index contributed by atoms with van der Waals surface area (Å²) in [7, 11) is 0. The van der Waals surface area contributed by atoms with Gasteiger partial charge in [0, 0.05) is 23.9 Å². The minimum Gasteiger partial charge on any atom is -0.493 e. The third kappa shape index (κ3) is 4.82. The first-order valence-corrected chi connectivity index (χ1v) is 12.4. The molecule has 4 aromatic rings. The van der Waals surface area contributed by atoms with Crippen molar-refractivity contribution in [2.45, 2.75) is 18.9 Å². The summed E-state index contributed by atoms with van der Waals surface area (Å²) < 4.78 is 31.6. The third-order valence-electron chi connectivity index (χ3n) is 7.05. The second-order valence-electron chi connectivity index (χ2n) is 9.33. The number of rotatable bonds is 7. The van der Waals surface area contributed by atoms with Gasteiger partial charge in [-0.05, 0) is 54.8 Å². The molecule has 3 N–H and O–H groups in total. The SMILES string of the molecule is O=C(NCc1[nH]nc2ccccc12)c1cc([C@@H]2CCNC[C@H]2COc2ccc3c(c2)OCO3)ccc1F. The molecule has 2 atom stereocenters. The van der Waals surface area contributed by atoms with Gasteiger partial charge in [-0.15, -0.1) is 0 Å². The first kappa shape index (κ1) is 23.3. The van der Waals surface area contributed by atoms with Crippen molar-refractivity contribution in [3.8, 4) is 17.2 Å². The average Bonchev–Trinajstić information content (AvgIpc) is 3.58. The normalized spacial score (nSPS) is 18.6. The number of para-hydroxylation sites is 1. The van der Waals surface area contributed by atoms with Crippen molar-refractivity contribution in [3.05, 3.63) is 83.3 Å². The first-order valence-electron chi connectivity index (χ1n) is 12.4. The maximum absolute atomic E-state index is 14.7. The highest BCUT2D eigenvalue weighted by molar-refractivity contribution is 5.95. The van der Waals surface area contributed by atoms with Gasteiger partial charge < -0.3 is 24.8 Å². The van der Waals surface area contributed by atoms with Crippen LogP contribution < -0.4 is 24.8 Å². The smallest absolute Gasteiger partial charge is 0.254 e. The molecular weight excluding hydrogens is 475 g/mol. The number of carbonyl (C=O) groups excluding carboxylic acids is 1. The number of nitrogens with one attached hydrogen (secondary N) is 3. The van der Waals surface area contributed by atoms with Gasteiger partial charge in [0.15, 0.2) is 11.5 Å². The molecule has 0 unspecified atom stereocenters.